The lowest BCUT2D eigenvalue weighted by molar-refractivity contribution is 0.122. The summed E-state index contributed by atoms with van der Waals surface area (Å²) >= 11 is 0. The normalized spacial score (nSPS) is 21.4. The summed E-state index contributed by atoms with van der Waals surface area (Å²) < 4.78 is 34.5. The molecule has 4 N–H and O–H groups in total. The van der Waals surface area contributed by atoms with Gasteiger partial charge in [0, 0.05) is 19.3 Å². The Bertz CT molecular complexity index is 1220. The monoisotopic (exact) mass is 441 g/mol. The molecule has 2 aliphatic rings. The molecule has 0 radical (unpaired) electrons. The molecule has 10 nitrogen and oxygen atoms in total. The van der Waals surface area contributed by atoms with Gasteiger partial charge in [0.15, 0.2) is 11.6 Å². The molecule has 166 valence electrons. The van der Waals surface area contributed by atoms with Crippen LogP contribution in [0.2, 0.25) is 0 Å². The molecule has 0 aliphatic carbocycles. The lowest BCUT2D eigenvalue weighted by atomic mass is 9.95. The molecule has 2 aromatic heterocycles. The highest BCUT2D eigenvalue weighted by Gasteiger charge is 2.33. The quantitative estimate of drug-likeness (QED) is 0.621. The summed E-state index contributed by atoms with van der Waals surface area (Å²) in [6, 6.07) is 6.83. The molecule has 0 amide bonds. The molecular weight excluding hydrogens is 420 g/mol. The number of rotatable bonds is 4. The zero-order valence-corrected chi connectivity index (χ0v) is 17.0. The zero-order valence-electron chi connectivity index (χ0n) is 17.0. The summed E-state index contributed by atoms with van der Waals surface area (Å²) in [5.41, 5.74) is 12.0. The maximum Gasteiger partial charge on any atom is 0.296 e. The molecule has 1 atom stereocenters. The van der Waals surface area contributed by atoms with E-state index in [4.69, 9.17) is 16.2 Å². The largest absolute Gasteiger partial charge is 0.384 e. The number of imidazole rings is 1. The average Bonchev–Trinajstić information content (AvgIpc) is 3.21. The van der Waals surface area contributed by atoms with E-state index in [1.807, 2.05) is 4.90 Å². The zero-order chi connectivity index (χ0) is 22.3. The van der Waals surface area contributed by atoms with Crippen LogP contribution in [-0.4, -0.2) is 57.0 Å². The van der Waals surface area contributed by atoms with Crippen molar-refractivity contribution in [3.05, 3.63) is 47.8 Å². The third kappa shape index (κ3) is 3.56. The van der Waals surface area contributed by atoms with Gasteiger partial charge in [0.25, 0.3) is 6.43 Å². The maximum atomic E-state index is 13.9. The summed E-state index contributed by atoms with van der Waals surface area (Å²) in [6.07, 6.45) is 0.626. The van der Waals surface area contributed by atoms with Crippen LogP contribution in [0.5, 0.6) is 0 Å². The first-order valence-corrected chi connectivity index (χ1v) is 10.1. The topological polar surface area (TPSA) is 133 Å². The van der Waals surface area contributed by atoms with Crippen LogP contribution in [0.1, 0.15) is 24.5 Å². The Hall–Kier alpha value is -3.51. The van der Waals surface area contributed by atoms with Crippen LogP contribution >= 0.6 is 0 Å². The highest BCUT2D eigenvalue weighted by atomic mass is 19.3. The van der Waals surface area contributed by atoms with E-state index in [-0.39, 0.29) is 11.8 Å². The lowest BCUT2D eigenvalue weighted by Crippen LogP contribution is -2.43. The number of alkyl halides is 2. The number of anilines is 1. The van der Waals surface area contributed by atoms with Crippen molar-refractivity contribution in [2.45, 2.75) is 18.4 Å². The van der Waals surface area contributed by atoms with E-state index in [0.29, 0.717) is 55.5 Å². The number of nitrogens with zero attached hydrogens (tertiary/aromatic N) is 7. The Morgan fingerprint density at radius 1 is 1.03 bits per heavy atom. The smallest absolute Gasteiger partial charge is 0.296 e. The number of hydrogen-bond donors (Lipinski definition) is 2. The van der Waals surface area contributed by atoms with Crippen molar-refractivity contribution in [2.24, 2.45) is 16.5 Å². The fourth-order valence-corrected chi connectivity index (χ4v) is 3.69. The summed E-state index contributed by atoms with van der Waals surface area (Å²) in [4.78, 5) is 23.7. The van der Waals surface area contributed by atoms with Gasteiger partial charge in [-0.1, -0.05) is 12.1 Å². The predicted molar refractivity (Wildman–Crippen MR) is 114 cm³/mol. The molecule has 0 spiro atoms. The Morgan fingerprint density at radius 2 is 1.78 bits per heavy atom. The van der Waals surface area contributed by atoms with Crippen LogP contribution in [0.4, 0.5) is 14.7 Å². The molecule has 4 heterocycles. The average molecular weight is 441 g/mol. The van der Waals surface area contributed by atoms with E-state index >= 15 is 0 Å². The second-order valence-corrected chi connectivity index (χ2v) is 7.58. The molecule has 12 heteroatoms. The molecule has 2 aliphatic heterocycles. The van der Waals surface area contributed by atoms with Crippen LogP contribution in [0, 0.1) is 0 Å². The third-order valence-electron chi connectivity index (χ3n) is 5.40. The fraction of sp³-hybridized carbons (Fsp3) is 0.350. The molecule has 0 saturated carbocycles. The standard InChI is InChI=1S/C20H21F2N9O/c21-15(22)16-26-12-3-1-2-4-13(12)31(16)19-28-17(20(24)6-5-14(23)25-11-20)27-18(29-19)30-7-9-32-10-8-30/h1-5,11,15H,6-10,23-24H2. The Kier molecular flexibility index (Phi) is 5.02. The van der Waals surface area contributed by atoms with E-state index in [9.17, 15) is 8.78 Å². The van der Waals surface area contributed by atoms with E-state index in [2.05, 4.69) is 24.9 Å². The summed E-state index contributed by atoms with van der Waals surface area (Å²) in [7, 11) is 0. The maximum absolute atomic E-state index is 13.9. The summed E-state index contributed by atoms with van der Waals surface area (Å²) in [5, 5.41) is 0. The van der Waals surface area contributed by atoms with Gasteiger partial charge in [-0.25, -0.2) is 18.8 Å². The SMILES string of the molecule is NC1=CCC(N)(c2nc(N3CCOCC3)nc(-n3c(C(F)F)nc4ccccc43)n2)C=N1. The first-order chi connectivity index (χ1) is 15.4. The van der Waals surface area contributed by atoms with Gasteiger partial charge in [-0.3, -0.25) is 4.57 Å². The van der Waals surface area contributed by atoms with Crippen LogP contribution < -0.4 is 16.4 Å². The van der Waals surface area contributed by atoms with Crippen LogP contribution in [0.15, 0.2) is 41.2 Å². The van der Waals surface area contributed by atoms with Gasteiger partial charge in [-0.05, 0) is 24.6 Å². The van der Waals surface area contributed by atoms with E-state index in [1.165, 1.54) is 10.8 Å². The number of morpholine rings is 1. The minimum atomic E-state index is -2.83. The van der Waals surface area contributed by atoms with Crippen molar-refractivity contribution in [3.63, 3.8) is 0 Å². The Labute approximate surface area is 181 Å². The van der Waals surface area contributed by atoms with Crippen molar-refractivity contribution in [1.29, 1.82) is 0 Å². The van der Waals surface area contributed by atoms with Gasteiger partial charge in [0.05, 0.1) is 24.2 Å². The number of para-hydroxylation sites is 2. The van der Waals surface area contributed by atoms with E-state index in [0.717, 1.165) is 0 Å². The van der Waals surface area contributed by atoms with E-state index < -0.39 is 17.8 Å². The van der Waals surface area contributed by atoms with Gasteiger partial charge in [0.1, 0.15) is 11.4 Å². The molecule has 1 aromatic carbocycles. The molecule has 32 heavy (non-hydrogen) atoms. The minimum absolute atomic E-state index is 0.0150. The molecule has 3 aromatic rings. The highest BCUT2D eigenvalue weighted by Crippen LogP contribution is 2.29. The van der Waals surface area contributed by atoms with Crippen LogP contribution in [-0.2, 0) is 10.3 Å². The van der Waals surface area contributed by atoms with Gasteiger partial charge in [-0.2, -0.15) is 15.0 Å². The number of benzene rings is 1. The molecule has 0 bridgehead atoms. The Balaban J connectivity index is 1.72. The van der Waals surface area contributed by atoms with Gasteiger partial charge >= 0.3 is 0 Å². The van der Waals surface area contributed by atoms with Gasteiger partial charge in [0.2, 0.25) is 11.9 Å². The third-order valence-corrected chi connectivity index (χ3v) is 5.40. The first-order valence-electron chi connectivity index (χ1n) is 10.1. The van der Waals surface area contributed by atoms with Crippen molar-refractivity contribution >= 4 is 23.2 Å². The van der Waals surface area contributed by atoms with Crippen LogP contribution in [0.3, 0.4) is 0 Å². The lowest BCUT2D eigenvalue weighted by Gasteiger charge is -2.29. The first kappa shape index (κ1) is 20.4. The molecule has 1 unspecified atom stereocenters. The predicted octanol–water partition coefficient (Wildman–Crippen LogP) is 1.41. The summed E-state index contributed by atoms with van der Waals surface area (Å²) in [5.74, 6) is 0.431. The van der Waals surface area contributed by atoms with E-state index in [1.54, 1.807) is 30.3 Å². The van der Waals surface area contributed by atoms with Gasteiger partial charge < -0.3 is 21.1 Å². The summed E-state index contributed by atoms with van der Waals surface area (Å²) in [6.45, 7) is 2.10. The van der Waals surface area contributed by atoms with Crippen molar-refractivity contribution in [3.8, 4) is 5.95 Å². The number of fused-ring (bicyclic) bond motifs is 1. The van der Waals surface area contributed by atoms with Crippen molar-refractivity contribution < 1.29 is 13.5 Å². The number of halogens is 2. The number of aromatic nitrogens is 5. The van der Waals surface area contributed by atoms with Crippen molar-refractivity contribution in [1.82, 2.24) is 24.5 Å². The second-order valence-electron chi connectivity index (χ2n) is 7.58. The number of hydrogen-bond acceptors (Lipinski definition) is 9. The molecule has 5 rings (SSSR count). The van der Waals surface area contributed by atoms with Gasteiger partial charge in [-0.15, -0.1) is 0 Å². The molecular formula is C20H21F2N9O. The number of aliphatic imine (C=N–C) groups is 1. The second kappa shape index (κ2) is 7.88. The number of ether oxygens (including phenoxy) is 1. The highest BCUT2D eigenvalue weighted by molar-refractivity contribution is 5.78. The molecule has 1 saturated heterocycles. The minimum Gasteiger partial charge on any atom is -0.384 e. The van der Waals surface area contributed by atoms with Crippen LogP contribution in [0.25, 0.3) is 17.0 Å². The number of nitrogens with two attached hydrogens (primary N) is 2. The molecule has 1 fully saturated rings. The van der Waals surface area contributed by atoms with Crippen molar-refractivity contribution in [2.75, 3.05) is 31.2 Å². The Morgan fingerprint density at radius 3 is 2.50 bits per heavy atom. The fourth-order valence-electron chi connectivity index (χ4n) is 3.69.